The SMILES string of the molecule is CC1(C)C(=O)Nc2ccc(CCNC(=O)Nc3ccccc3)cc21. The highest BCUT2D eigenvalue weighted by atomic mass is 16.2. The number of nitrogens with one attached hydrogen (secondary N) is 3. The summed E-state index contributed by atoms with van der Waals surface area (Å²) >= 11 is 0. The third-order valence-electron chi connectivity index (χ3n) is 4.30. The molecule has 1 aliphatic heterocycles. The van der Waals surface area contributed by atoms with Crippen molar-refractivity contribution < 1.29 is 9.59 Å². The fourth-order valence-electron chi connectivity index (χ4n) is 2.79. The molecule has 5 nitrogen and oxygen atoms in total. The summed E-state index contributed by atoms with van der Waals surface area (Å²) in [6, 6.07) is 15.1. The van der Waals surface area contributed by atoms with Gasteiger partial charge in [0.25, 0.3) is 0 Å². The Kier molecular flexibility index (Phi) is 4.25. The molecule has 3 N–H and O–H groups in total. The van der Waals surface area contributed by atoms with E-state index in [0.29, 0.717) is 13.0 Å². The van der Waals surface area contributed by atoms with Gasteiger partial charge in [0.2, 0.25) is 5.91 Å². The molecule has 2 aromatic carbocycles. The molecule has 3 amide bonds. The number of fused-ring (bicyclic) bond motifs is 1. The van der Waals surface area contributed by atoms with Crippen molar-refractivity contribution in [3.8, 4) is 0 Å². The lowest BCUT2D eigenvalue weighted by Crippen LogP contribution is -2.30. The lowest BCUT2D eigenvalue weighted by molar-refractivity contribution is -0.119. The van der Waals surface area contributed by atoms with Crippen molar-refractivity contribution in [1.29, 1.82) is 0 Å². The second kappa shape index (κ2) is 6.35. The van der Waals surface area contributed by atoms with Crippen LogP contribution < -0.4 is 16.0 Å². The smallest absolute Gasteiger partial charge is 0.319 e. The van der Waals surface area contributed by atoms with Crippen molar-refractivity contribution >= 4 is 23.3 Å². The maximum atomic E-state index is 12.0. The number of amides is 3. The van der Waals surface area contributed by atoms with Crippen LogP contribution in [0.1, 0.15) is 25.0 Å². The van der Waals surface area contributed by atoms with Gasteiger partial charge in [-0.2, -0.15) is 0 Å². The van der Waals surface area contributed by atoms with Crippen LogP contribution in [-0.2, 0) is 16.6 Å². The molecular formula is C19H21N3O2. The molecular weight excluding hydrogens is 302 g/mol. The molecule has 0 unspecified atom stereocenters. The van der Waals surface area contributed by atoms with Gasteiger partial charge in [-0.15, -0.1) is 0 Å². The van der Waals surface area contributed by atoms with E-state index >= 15 is 0 Å². The first-order valence-electron chi connectivity index (χ1n) is 8.01. The van der Waals surface area contributed by atoms with E-state index in [4.69, 9.17) is 0 Å². The molecule has 2 aromatic rings. The lowest BCUT2D eigenvalue weighted by Gasteiger charge is -2.16. The molecule has 0 saturated carbocycles. The highest BCUT2D eigenvalue weighted by Crippen LogP contribution is 2.37. The van der Waals surface area contributed by atoms with Crippen LogP contribution in [0.5, 0.6) is 0 Å². The maximum Gasteiger partial charge on any atom is 0.319 e. The highest BCUT2D eigenvalue weighted by molar-refractivity contribution is 6.05. The van der Waals surface area contributed by atoms with E-state index in [0.717, 1.165) is 22.5 Å². The predicted molar refractivity (Wildman–Crippen MR) is 95.3 cm³/mol. The normalized spacial score (nSPS) is 14.7. The Balaban J connectivity index is 1.56. The molecule has 24 heavy (non-hydrogen) atoms. The zero-order chi connectivity index (χ0) is 17.2. The van der Waals surface area contributed by atoms with Crippen LogP contribution in [0.15, 0.2) is 48.5 Å². The number of anilines is 2. The summed E-state index contributed by atoms with van der Waals surface area (Å²) < 4.78 is 0. The average Bonchev–Trinajstić information content (AvgIpc) is 2.78. The monoisotopic (exact) mass is 323 g/mol. The molecule has 0 bridgehead atoms. The Morgan fingerprint density at radius 1 is 1.12 bits per heavy atom. The third-order valence-corrected chi connectivity index (χ3v) is 4.30. The van der Waals surface area contributed by atoms with Crippen LogP contribution in [0.2, 0.25) is 0 Å². The van der Waals surface area contributed by atoms with Crippen molar-refractivity contribution in [1.82, 2.24) is 5.32 Å². The van der Waals surface area contributed by atoms with Gasteiger partial charge in [-0.1, -0.05) is 30.3 Å². The van der Waals surface area contributed by atoms with Gasteiger partial charge in [0.1, 0.15) is 0 Å². The largest absolute Gasteiger partial charge is 0.338 e. The van der Waals surface area contributed by atoms with Crippen LogP contribution in [0.25, 0.3) is 0 Å². The topological polar surface area (TPSA) is 70.2 Å². The number of carbonyl (C=O) groups is 2. The Bertz CT molecular complexity index is 769. The quantitative estimate of drug-likeness (QED) is 0.808. The second-order valence-electron chi connectivity index (χ2n) is 6.46. The highest BCUT2D eigenvalue weighted by Gasteiger charge is 2.38. The van der Waals surface area contributed by atoms with E-state index in [1.165, 1.54) is 0 Å². The number of rotatable bonds is 4. The van der Waals surface area contributed by atoms with Gasteiger partial charge in [-0.25, -0.2) is 4.79 Å². The molecule has 0 fully saturated rings. The van der Waals surface area contributed by atoms with Crippen molar-refractivity contribution in [2.75, 3.05) is 17.2 Å². The lowest BCUT2D eigenvalue weighted by atomic mass is 9.85. The van der Waals surface area contributed by atoms with Gasteiger partial charge >= 0.3 is 6.03 Å². The van der Waals surface area contributed by atoms with Crippen LogP contribution in [0.3, 0.4) is 0 Å². The Morgan fingerprint density at radius 2 is 1.88 bits per heavy atom. The number of urea groups is 1. The molecule has 5 heteroatoms. The first-order valence-corrected chi connectivity index (χ1v) is 8.01. The molecule has 1 aliphatic rings. The molecule has 0 saturated heterocycles. The molecule has 0 radical (unpaired) electrons. The van der Waals surface area contributed by atoms with Crippen molar-refractivity contribution in [3.05, 3.63) is 59.7 Å². The van der Waals surface area contributed by atoms with E-state index < -0.39 is 5.41 Å². The van der Waals surface area contributed by atoms with Gasteiger partial charge in [-0.3, -0.25) is 4.79 Å². The fraction of sp³-hybridized carbons (Fsp3) is 0.263. The summed E-state index contributed by atoms with van der Waals surface area (Å²) in [6.07, 6.45) is 0.708. The molecule has 1 heterocycles. The summed E-state index contributed by atoms with van der Waals surface area (Å²) in [5.41, 5.74) is 3.24. The minimum absolute atomic E-state index is 0.0232. The molecule has 0 atom stereocenters. The van der Waals surface area contributed by atoms with Crippen molar-refractivity contribution in [2.45, 2.75) is 25.7 Å². The van der Waals surface area contributed by atoms with E-state index in [-0.39, 0.29) is 11.9 Å². The summed E-state index contributed by atoms with van der Waals surface area (Å²) in [7, 11) is 0. The molecule has 124 valence electrons. The Hall–Kier alpha value is -2.82. The van der Waals surface area contributed by atoms with E-state index in [2.05, 4.69) is 16.0 Å². The molecule has 0 aliphatic carbocycles. The van der Waals surface area contributed by atoms with Crippen LogP contribution in [0.4, 0.5) is 16.2 Å². The standard InChI is InChI=1S/C19H21N3O2/c1-19(2)15-12-13(8-9-16(15)22-17(19)23)10-11-20-18(24)21-14-6-4-3-5-7-14/h3-9,12H,10-11H2,1-2H3,(H,22,23)(H2,20,21,24). The first kappa shape index (κ1) is 16.1. The van der Waals surface area contributed by atoms with Gasteiger partial charge < -0.3 is 16.0 Å². The maximum absolute atomic E-state index is 12.0. The van der Waals surface area contributed by atoms with Crippen LogP contribution >= 0.6 is 0 Å². The minimum atomic E-state index is -0.510. The second-order valence-corrected chi connectivity index (χ2v) is 6.46. The van der Waals surface area contributed by atoms with Gasteiger partial charge in [-0.05, 0) is 49.6 Å². The summed E-state index contributed by atoms with van der Waals surface area (Å²) in [6.45, 7) is 4.37. The van der Waals surface area contributed by atoms with Gasteiger partial charge in [0, 0.05) is 17.9 Å². The molecule has 0 aromatic heterocycles. The summed E-state index contributed by atoms with van der Waals surface area (Å²) in [4.78, 5) is 23.8. The zero-order valence-electron chi connectivity index (χ0n) is 13.8. The fourth-order valence-corrected chi connectivity index (χ4v) is 2.79. The third kappa shape index (κ3) is 3.25. The number of hydrogen-bond donors (Lipinski definition) is 3. The summed E-state index contributed by atoms with van der Waals surface area (Å²) in [5, 5.41) is 8.53. The average molecular weight is 323 g/mol. The number of para-hydroxylation sites is 1. The minimum Gasteiger partial charge on any atom is -0.338 e. The Morgan fingerprint density at radius 3 is 2.62 bits per heavy atom. The van der Waals surface area contributed by atoms with E-state index in [1.54, 1.807) is 0 Å². The molecule has 3 rings (SSSR count). The van der Waals surface area contributed by atoms with E-state index in [9.17, 15) is 9.59 Å². The first-order chi connectivity index (χ1) is 11.5. The summed E-state index contributed by atoms with van der Waals surface area (Å²) in [5.74, 6) is 0.0232. The van der Waals surface area contributed by atoms with Crippen molar-refractivity contribution in [2.24, 2.45) is 0 Å². The van der Waals surface area contributed by atoms with Gasteiger partial charge in [0.15, 0.2) is 0 Å². The predicted octanol–water partition coefficient (Wildman–Crippen LogP) is 3.28. The van der Waals surface area contributed by atoms with Crippen LogP contribution in [0, 0.1) is 0 Å². The van der Waals surface area contributed by atoms with Crippen molar-refractivity contribution in [3.63, 3.8) is 0 Å². The number of hydrogen-bond acceptors (Lipinski definition) is 2. The number of carbonyl (C=O) groups excluding carboxylic acids is 2. The van der Waals surface area contributed by atoms with Gasteiger partial charge in [0.05, 0.1) is 5.41 Å². The zero-order valence-corrected chi connectivity index (χ0v) is 13.8. The number of benzene rings is 2. The Labute approximate surface area is 141 Å². The van der Waals surface area contributed by atoms with E-state index in [1.807, 2.05) is 62.4 Å². The molecule has 0 spiro atoms. The van der Waals surface area contributed by atoms with Crippen LogP contribution in [-0.4, -0.2) is 18.5 Å².